The fourth-order valence-electron chi connectivity index (χ4n) is 3.47. The number of likely N-dealkylation sites (N-methyl/N-ethyl adjacent to an activating group) is 1. The summed E-state index contributed by atoms with van der Waals surface area (Å²) in [5, 5.41) is 8.11. The average molecular weight is 249 g/mol. The Kier molecular flexibility index (Phi) is 4.10. The summed E-state index contributed by atoms with van der Waals surface area (Å²) in [7, 11) is 2.10. The highest BCUT2D eigenvalue weighted by atomic mass is 15.3. The highest BCUT2D eigenvalue weighted by Gasteiger charge is 2.36. The van der Waals surface area contributed by atoms with Gasteiger partial charge in [-0.15, -0.1) is 0 Å². The van der Waals surface area contributed by atoms with Gasteiger partial charge in [-0.1, -0.05) is 19.8 Å². The van der Waals surface area contributed by atoms with E-state index in [0.717, 1.165) is 18.7 Å². The molecule has 1 atom stereocenters. The number of hydrogen-bond acceptors (Lipinski definition) is 2. The van der Waals surface area contributed by atoms with Crippen LogP contribution < -0.4 is 5.32 Å². The van der Waals surface area contributed by atoms with Crippen molar-refractivity contribution in [1.82, 2.24) is 15.1 Å². The van der Waals surface area contributed by atoms with Crippen molar-refractivity contribution in [3.05, 3.63) is 17.5 Å². The van der Waals surface area contributed by atoms with Crippen LogP contribution in [0.15, 0.2) is 6.07 Å². The van der Waals surface area contributed by atoms with Crippen LogP contribution in [0.1, 0.15) is 50.9 Å². The number of nitrogens with one attached hydrogen (secondary N) is 1. The zero-order chi connectivity index (χ0) is 13.2. The van der Waals surface area contributed by atoms with Crippen molar-refractivity contribution in [3.8, 4) is 0 Å². The molecule has 1 aliphatic rings. The standard InChI is InChI=1S/C15H27N3/c1-5-18-13(10-12(2)17-18)11-14(16-4)15(3)8-6-7-9-15/h10,14,16H,5-9,11H2,1-4H3. The lowest BCUT2D eigenvalue weighted by Gasteiger charge is -2.34. The van der Waals surface area contributed by atoms with Crippen LogP contribution in [-0.4, -0.2) is 22.9 Å². The molecule has 1 aromatic rings. The van der Waals surface area contributed by atoms with Gasteiger partial charge in [-0.2, -0.15) is 5.10 Å². The summed E-state index contributed by atoms with van der Waals surface area (Å²) < 4.78 is 2.15. The molecule has 0 spiro atoms. The Morgan fingerprint density at radius 1 is 1.44 bits per heavy atom. The smallest absolute Gasteiger partial charge is 0.0596 e. The Morgan fingerprint density at radius 3 is 2.67 bits per heavy atom. The van der Waals surface area contributed by atoms with Crippen LogP contribution in [0.3, 0.4) is 0 Å². The summed E-state index contributed by atoms with van der Waals surface area (Å²) in [5.74, 6) is 0. The van der Waals surface area contributed by atoms with Crippen molar-refractivity contribution < 1.29 is 0 Å². The zero-order valence-electron chi connectivity index (χ0n) is 12.3. The maximum absolute atomic E-state index is 4.55. The van der Waals surface area contributed by atoms with Crippen LogP contribution in [0.2, 0.25) is 0 Å². The van der Waals surface area contributed by atoms with Gasteiger partial charge < -0.3 is 5.32 Å². The molecule has 2 rings (SSSR count). The first-order valence-corrected chi connectivity index (χ1v) is 7.29. The molecule has 1 aliphatic carbocycles. The highest BCUT2D eigenvalue weighted by molar-refractivity contribution is 5.12. The van der Waals surface area contributed by atoms with E-state index in [-0.39, 0.29) is 0 Å². The average Bonchev–Trinajstić information content (AvgIpc) is 2.93. The van der Waals surface area contributed by atoms with Gasteiger partial charge in [0.2, 0.25) is 0 Å². The molecule has 1 N–H and O–H groups in total. The van der Waals surface area contributed by atoms with E-state index in [2.05, 4.69) is 49.0 Å². The molecule has 0 saturated heterocycles. The Labute approximate surface area is 111 Å². The van der Waals surface area contributed by atoms with Gasteiger partial charge in [0.05, 0.1) is 5.69 Å². The molecule has 102 valence electrons. The van der Waals surface area contributed by atoms with E-state index in [0.29, 0.717) is 11.5 Å². The van der Waals surface area contributed by atoms with Gasteiger partial charge >= 0.3 is 0 Å². The van der Waals surface area contributed by atoms with Crippen molar-refractivity contribution in [2.24, 2.45) is 5.41 Å². The first kappa shape index (κ1) is 13.6. The molecule has 0 aromatic carbocycles. The Morgan fingerprint density at radius 2 is 2.11 bits per heavy atom. The summed E-state index contributed by atoms with van der Waals surface area (Å²) in [5.41, 5.74) is 2.98. The van der Waals surface area contributed by atoms with Crippen LogP contribution in [0, 0.1) is 12.3 Å². The second-order valence-electron chi connectivity index (χ2n) is 6.00. The molecule has 1 unspecified atom stereocenters. The molecule has 18 heavy (non-hydrogen) atoms. The second kappa shape index (κ2) is 5.43. The Balaban J connectivity index is 2.14. The number of nitrogens with zero attached hydrogens (tertiary/aromatic N) is 2. The molecule has 0 bridgehead atoms. The van der Waals surface area contributed by atoms with Crippen molar-refractivity contribution in [2.75, 3.05) is 7.05 Å². The minimum atomic E-state index is 0.464. The van der Waals surface area contributed by atoms with Gasteiger partial charge in [0, 0.05) is 24.7 Å². The Bertz CT molecular complexity index is 388. The van der Waals surface area contributed by atoms with Gasteiger partial charge in [-0.3, -0.25) is 4.68 Å². The predicted octanol–water partition coefficient (Wildman–Crippen LogP) is 2.92. The second-order valence-corrected chi connectivity index (χ2v) is 6.00. The van der Waals surface area contributed by atoms with Crippen molar-refractivity contribution in [2.45, 2.75) is 65.5 Å². The lowest BCUT2D eigenvalue weighted by Crippen LogP contribution is -2.42. The van der Waals surface area contributed by atoms with Crippen LogP contribution in [0.5, 0.6) is 0 Å². The largest absolute Gasteiger partial charge is 0.316 e. The number of aryl methyl sites for hydroxylation is 2. The molecule has 1 aromatic heterocycles. The maximum Gasteiger partial charge on any atom is 0.0596 e. The molecule has 1 heterocycles. The fraction of sp³-hybridized carbons (Fsp3) is 0.800. The quantitative estimate of drug-likeness (QED) is 0.869. The highest BCUT2D eigenvalue weighted by Crippen LogP contribution is 2.41. The van der Waals surface area contributed by atoms with E-state index >= 15 is 0 Å². The van der Waals surface area contributed by atoms with E-state index in [1.54, 1.807) is 0 Å². The number of rotatable bonds is 5. The molecule has 1 saturated carbocycles. The minimum Gasteiger partial charge on any atom is -0.316 e. The third-order valence-electron chi connectivity index (χ3n) is 4.63. The zero-order valence-corrected chi connectivity index (χ0v) is 12.3. The van der Waals surface area contributed by atoms with Crippen LogP contribution >= 0.6 is 0 Å². The van der Waals surface area contributed by atoms with E-state index in [1.807, 2.05) is 0 Å². The summed E-state index contributed by atoms with van der Waals surface area (Å²) >= 11 is 0. The van der Waals surface area contributed by atoms with Crippen molar-refractivity contribution >= 4 is 0 Å². The molecule has 0 amide bonds. The molecular weight excluding hydrogens is 222 g/mol. The van der Waals surface area contributed by atoms with Gasteiger partial charge in [-0.25, -0.2) is 0 Å². The predicted molar refractivity (Wildman–Crippen MR) is 75.8 cm³/mol. The summed E-state index contributed by atoms with van der Waals surface area (Å²) in [6, 6.07) is 2.81. The first-order valence-electron chi connectivity index (χ1n) is 7.29. The topological polar surface area (TPSA) is 29.9 Å². The summed E-state index contributed by atoms with van der Waals surface area (Å²) in [6.07, 6.45) is 6.60. The van der Waals surface area contributed by atoms with Gasteiger partial charge in [0.1, 0.15) is 0 Å². The van der Waals surface area contributed by atoms with Crippen molar-refractivity contribution in [1.29, 1.82) is 0 Å². The first-order chi connectivity index (χ1) is 8.59. The van der Waals surface area contributed by atoms with E-state index < -0.39 is 0 Å². The monoisotopic (exact) mass is 249 g/mol. The molecule has 0 radical (unpaired) electrons. The third-order valence-corrected chi connectivity index (χ3v) is 4.63. The van der Waals surface area contributed by atoms with Gasteiger partial charge in [-0.05, 0) is 45.2 Å². The number of aromatic nitrogens is 2. The Hall–Kier alpha value is -0.830. The van der Waals surface area contributed by atoms with E-state index in [1.165, 1.54) is 31.4 Å². The maximum atomic E-state index is 4.55. The minimum absolute atomic E-state index is 0.464. The molecule has 3 heteroatoms. The van der Waals surface area contributed by atoms with Gasteiger partial charge in [0.15, 0.2) is 0 Å². The lowest BCUT2D eigenvalue weighted by atomic mass is 9.78. The van der Waals surface area contributed by atoms with E-state index in [9.17, 15) is 0 Å². The van der Waals surface area contributed by atoms with Gasteiger partial charge in [0.25, 0.3) is 0 Å². The number of hydrogen-bond donors (Lipinski definition) is 1. The van der Waals surface area contributed by atoms with Crippen LogP contribution in [0.25, 0.3) is 0 Å². The van der Waals surface area contributed by atoms with Crippen molar-refractivity contribution in [3.63, 3.8) is 0 Å². The normalized spacial score (nSPS) is 20.2. The van der Waals surface area contributed by atoms with E-state index in [4.69, 9.17) is 0 Å². The van der Waals surface area contributed by atoms with Crippen LogP contribution in [0.4, 0.5) is 0 Å². The third kappa shape index (κ3) is 2.61. The molecule has 0 aliphatic heterocycles. The summed E-state index contributed by atoms with van der Waals surface area (Å²) in [4.78, 5) is 0. The lowest BCUT2D eigenvalue weighted by molar-refractivity contribution is 0.226. The SMILES string of the molecule is CCn1nc(C)cc1CC(NC)C1(C)CCCC1. The summed E-state index contributed by atoms with van der Waals surface area (Å²) in [6.45, 7) is 7.67. The molecule has 3 nitrogen and oxygen atoms in total. The van der Waals surface area contributed by atoms with Crippen LogP contribution in [-0.2, 0) is 13.0 Å². The molecular formula is C15H27N3. The molecule has 1 fully saturated rings. The fourth-order valence-corrected chi connectivity index (χ4v) is 3.47.